The second-order valence-electron chi connectivity index (χ2n) is 21.6. The normalized spacial score (nSPS) is 13.4. The third kappa shape index (κ3) is 9.05. The number of hydrogen-bond donors (Lipinski definition) is 0. The quantitative estimate of drug-likeness (QED) is 0.142. The van der Waals surface area contributed by atoms with Gasteiger partial charge in [-0.25, -0.2) is 4.98 Å². The first kappa shape index (κ1) is 44.7. The van der Waals surface area contributed by atoms with E-state index >= 15 is 0 Å². The molecule has 10 aromatic rings. The minimum Gasteiger partial charge on any atom is -0.509 e. The Balaban J connectivity index is 0.00000641. The van der Waals surface area contributed by atoms with Crippen molar-refractivity contribution in [1.82, 2.24) is 9.55 Å². The molecule has 0 atom stereocenters. The van der Waals surface area contributed by atoms with E-state index in [1.807, 2.05) is 66.3 Å². The number of para-hydroxylation sites is 4. The summed E-state index contributed by atoms with van der Waals surface area (Å²) >= 11 is 0. The summed E-state index contributed by atoms with van der Waals surface area (Å²) in [6, 6.07) is 63.1. The standard InChI is InChI=1S/C66H59N4O.Pt/c1-64(2,3)47-33-29-45(30-34-47)53-25-18-24-52(44-19-11-10-12-20-44)63(53)69-43-68(59-27-15-16-28-60(59)69)49-21-17-22-50(39-49)71-51-37-38-55-54-23-13-14-26-58(54)70(61(55)40-51)62-41-57(66(7,8)9)56(42-67-62)46-31-35-48(36-32-46)65(4,5)6;/h10-38,41-43H,1-9H3;/q-3;/i17D,21D,22D;. The van der Waals surface area contributed by atoms with Gasteiger partial charge in [-0.3, -0.25) is 0 Å². The summed E-state index contributed by atoms with van der Waals surface area (Å²) in [6.45, 7) is 22.0. The van der Waals surface area contributed by atoms with Crippen molar-refractivity contribution in [2.45, 2.75) is 78.6 Å². The Morgan fingerprint density at radius 2 is 1.11 bits per heavy atom. The molecule has 1 aliphatic rings. The van der Waals surface area contributed by atoms with E-state index in [0.29, 0.717) is 5.75 Å². The third-order valence-electron chi connectivity index (χ3n) is 13.6. The van der Waals surface area contributed by atoms with Crippen molar-refractivity contribution in [1.29, 1.82) is 0 Å². The molecule has 0 unspecified atom stereocenters. The average Bonchev–Trinajstić information content (AvgIpc) is 3.94. The first-order valence-corrected chi connectivity index (χ1v) is 24.5. The molecule has 72 heavy (non-hydrogen) atoms. The van der Waals surface area contributed by atoms with Gasteiger partial charge in [-0.2, -0.15) is 12.1 Å². The van der Waals surface area contributed by atoms with Crippen molar-refractivity contribution in [3.63, 3.8) is 0 Å². The molecule has 0 saturated heterocycles. The second kappa shape index (κ2) is 18.8. The Morgan fingerprint density at radius 3 is 1.75 bits per heavy atom. The Morgan fingerprint density at radius 1 is 0.528 bits per heavy atom. The van der Waals surface area contributed by atoms with Crippen molar-refractivity contribution in [3.05, 3.63) is 224 Å². The van der Waals surface area contributed by atoms with Crippen LogP contribution in [0.15, 0.2) is 188 Å². The van der Waals surface area contributed by atoms with E-state index in [-0.39, 0.29) is 66.9 Å². The van der Waals surface area contributed by atoms with E-state index in [1.165, 1.54) is 11.1 Å². The number of fused-ring (bicyclic) bond motifs is 4. The minimum absolute atomic E-state index is 0. The number of rotatable bonds is 8. The zero-order valence-electron chi connectivity index (χ0n) is 45.3. The van der Waals surface area contributed by atoms with Gasteiger partial charge in [0.15, 0.2) is 0 Å². The third-order valence-corrected chi connectivity index (χ3v) is 13.6. The molecule has 0 fully saturated rings. The molecule has 0 saturated carbocycles. The molecular weight excluding hydrogens is 1060 g/mol. The minimum atomic E-state index is -0.273. The van der Waals surface area contributed by atoms with Crippen LogP contribution in [0.25, 0.3) is 61.0 Å². The summed E-state index contributed by atoms with van der Waals surface area (Å²) in [5, 5.41) is 2.01. The van der Waals surface area contributed by atoms with Crippen LogP contribution in [0, 0.1) is 18.8 Å². The zero-order chi connectivity index (χ0) is 51.8. The summed E-state index contributed by atoms with van der Waals surface area (Å²) in [4.78, 5) is 9.22. The maximum absolute atomic E-state index is 9.38. The van der Waals surface area contributed by atoms with Crippen LogP contribution in [0.3, 0.4) is 0 Å². The molecule has 1 aliphatic heterocycles. The molecule has 0 radical (unpaired) electrons. The van der Waals surface area contributed by atoms with Gasteiger partial charge in [0, 0.05) is 79.4 Å². The molecule has 0 spiro atoms. The average molecular weight is 1120 g/mol. The van der Waals surface area contributed by atoms with Gasteiger partial charge in [-0.05, 0) is 82.0 Å². The molecule has 362 valence electrons. The van der Waals surface area contributed by atoms with E-state index in [9.17, 15) is 4.11 Å². The summed E-state index contributed by atoms with van der Waals surface area (Å²) in [5.74, 6) is 1.11. The predicted octanol–water partition coefficient (Wildman–Crippen LogP) is 17.9. The maximum atomic E-state index is 9.38. The number of hydrogen-bond acceptors (Lipinski definition) is 4. The molecule has 5 nitrogen and oxygen atoms in total. The van der Waals surface area contributed by atoms with Crippen molar-refractivity contribution in [3.8, 4) is 50.7 Å². The topological polar surface area (TPSA) is 33.5 Å². The van der Waals surface area contributed by atoms with Gasteiger partial charge in [-0.1, -0.05) is 195 Å². The monoisotopic (exact) mass is 1120 g/mol. The molecule has 0 amide bonds. The Hall–Kier alpha value is -7.20. The first-order chi connectivity index (χ1) is 35.3. The van der Waals surface area contributed by atoms with Crippen LogP contribution in [-0.4, -0.2) is 9.55 Å². The van der Waals surface area contributed by atoms with E-state index in [0.717, 1.165) is 83.6 Å². The fourth-order valence-corrected chi connectivity index (χ4v) is 9.84. The summed E-state index contributed by atoms with van der Waals surface area (Å²) in [6.07, 6.45) is 1.99. The number of pyridine rings is 1. The summed E-state index contributed by atoms with van der Waals surface area (Å²) in [5.41, 5.74) is 14.6. The Bertz CT molecular complexity index is 3770. The van der Waals surface area contributed by atoms with Gasteiger partial charge in [0.25, 0.3) is 0 Å². The molecule has 2 aromatic heterocycles. The number of benzene rings is 8. The van der Waals surface area contributed by atoms with Crippen LogP contribution >= 0.6 is 0 Å². The number of anilines is 4. The Kier molecular flexibility index (Phi) is 11.7. The van der Waals surface area contributed by atoms with Crippen LogP contribution in [0.5, 0.6) is 11.5 Å². The molecule has 0 bridgehead atoms. The largest absolute Gasteiger partial charge is 0.509 e. The number of ether oxygens (including phenoxy) is 1. The van der Waals surface area contributed by atoms with Crippen molar-refractivity contribution < 1.29 is 29.9 Å². The molecule has 3 heterocycles. The van der Waals surface area contributed by atoms with Crippen LogP contribution in [0.1, 0.15) is 83.1 Å². The number of aromatic nitrogens is 2. The van der Waals surface area contributed by atoms with E-state index in [2.05, 4.69) is 199 Å². The van der Waals surface area contributed by atoms with E-state index < -0.39 is 0 Å². The van der Waals surface area contributed by atoms with Crippen molar-refractivity contribution in [2.24, 2.45) is 0 Å². The van der Waals surface area contributed by atoms with E-state index in [1.54, 1.807) is 0 Å². The summed E-state index contributed by atoms with van der Waals surface area (Å²) < 4.78 is 36.5. The smallest absolute Gasteiger partial charge is 0.135 e. The van der Waals surface area contributed by atoms with Gasteiger partial charge in [0.05, 0.1) is 0 Å². The second-order valence-corrected chi connectivity index (χ2v) is 21.6. The molecule has 6 heteroatoms. The molecule has 0 N–H and O–H groups in total. The van der Waals surface area contributed by atoms with Gasteiger partial charge >= 0.3 is 0 Å². The predicted molar refractivity (Wildman–Crippen MR) is 297 cm³/mol. The molecule has 8 aromatic carbocycles. The van der Waals surface area contributed by atoms with Crippen LogP contribution in [-0.2, 0) is 37.3 Å². The Labute approximate surface area is 444 Å². The van der Waals surface area contributed by atoms with Crippen molar-refractivity contribution in [2.75, 3.05) is 9.80 Å². The molecule has 11 rings (SSSR count). The zero-order valence-corrected chi connectivity index (χ0v) is 44.5. The molecular formula is C66H59N4OPt-3. The summed E-state index contributed by atoms with van der Waals surface area (Å²) in [7, 11) is 0. The van der Waals surface area contributed by atoms with Crippen molar-refractivity contribution >= 4 is 44.6 Å². The van der Waals surface area contributed by atoms with Crippen LogP contribution < -0.4 is 14.5 Å². The number of nitrogens with zero attached hydrogens (tertiary/aromatic N) is 4. The SMILES string of the molecule is [2H]c1c(Oc2[c-]c3c(cc2)c2ccccc2n3-c2cc(C(C)(C)C)c(-c3ccc(C(C)(C)C)cc3)cn2)[c-]c(N2[CH-]N(c3c(-c4ccccc4)cccc3-c3ccc(C(C)(C)C)cc3)c3ccccc32)c([2H])c1[2H].[Pt]. The maximum Gasteiger partial charge on any atom is 0.135 e. The van der Waals surface area contributed by atoms with Gasteiger partial charge in [-0.15, -0.1) is 48.0 Å². The van der Waals surface area contributed by atoms with Crippen LogP contribution in [0.2, 0.25) is 0 Å². The van der Waals surface area contributed by atoms with Gasteiger partial charge < -0.3 is 19.1 Å². The van der Waals surface area contributed by atoms with Gasteiger partial charge in [0.1, 0.15) is 5.82 Å². The fourth-order valence-electron chi connectivity index (χ4n) is 9.84. The van der Waals surface area contributed by atoms with Crippen LogP contribution in [0.4, 0.5) is 22.7 Å². The fraction of sp³-hybridized carbons (Fsp3) is 0.182. The first-order valence-electron chi connectivity index (χ1n) is 26.0. The van der Waals surface area contributed by atoms with E-state index in [4.69, 9.17) is 9.72 Å². The molecule has 0 aliphatic carbocycles. The van der Waals surface area contributed by atoms with Gasteiger partial charge in [0.2, 0.25) is 0 Å².